The standard InChI is InChI=1S/C19H28N4O3/c1-20-7-8-21(2)16(13-20)12-18(24)22-9-10-23(19(25)14-22)15-5-4-6-17(11-15)26-3/h4-6,11,16H,7-10,12-14H2,1-3H3/t16-/m1/s1. The van der Waals surface area contributed by atoms with E-state index >= 15 is 0 Å². The molecule has 0 saturated carbocycles. The molecule has 7 heteroatoms. The van der Waals surface area contributed by atoms with Crippen LogP contribution in [-0.4, -0.2) is 93.0 Å². The summed E-state index contributed by atoms with van der Waals surface area (Å²) in [6.45, 7) is 4.10. The summed E-state index contributed by atoms with van der Waals surface area (Å²) in [5.41, 5.74) is 0.815. The molecule has 142 valence electrons. The van der Waals surface area contributed by atoms with Gasteiger partial charge in [-0.25, -0.2) is 0 Å². The van der Waals surface area contributed by atoms with Crippen LogP contribution in [0.5, 0.6) is 5.75 Å². The molecule has 2 aliphatic heterocycles. The Kier molecular flexibility index (Phi) is 5.78. The minimum atomic E-state index is -0.0491. The van der Waals surface area contributed by atoms with Gasteiger partial charge in [-0.2, -0.15) is 0 Å². The zero-order chi connectivity index (χ0) is 18.7. The number of piperazine rings is 2. The summed E-state index contributed by atoms with van der Waals surface area (Å²) in [6, 6.07) is 7.68. The van der Waals surface area contributed by atoms with Gasteiger partial charge < -0.3 is 24.3 Å². The van der Waals surface area contributed by atoms with Crippen molar-refractivity contribution in [3.63, 3.8) is 0 Å². The number of carbonyl (C=O) groups excluding carboxylic acids is 2. The molecule has 0 spiro atoms. The van der Waals surface area contributed by atoms with Crippen LogP contribution in [0.3, 0.4) is 0 Å². The maximum absolute atomic E-state index is 12.7. The van der Waals surface area contributed by atoms with Crippen LogP contribution < -0.4 is 9.64 Å². The maximum atomic E-state index is 12.7. The summed E-state index contributed by atoms with van der Waals surface area (Å²) in [5.74, 6) is 0.737. The highest BCUT2D eigenvalue weighted by atomic mass is 16.5. The zero-order valence-electron chi connectivity index (χ0n) is 15.9. The fourth-order valence-electron chi connectivity index (χ4n) is 3.59. The fourth-order valence-corrected chi connectivity index (χ4v) is 3.59. The van der Waals surface area contributed by atoms with Gasteiger partial charge in [0.05, 0.1) is 7.11 Å². The summed E-state index contributed by atoms with van der Waals surface area (Å²) >= 11 is 0. The molecule has 3 rings (SSSR count). The van der Waals surface area contributed by atoms with E-state index in [0.29, 0.717) is 19.5 Å². The summed E-state index contributed by atoms with van der Waals surface area (Å²) in [6.07, 6.45) is 0.466. The molecule has 2 heterocycles. The lowest BCUT2D eigenvalue weighted by Crippen LogP contribution is -2.55. The topological polar surface area (TPSA) is 56.3 Å². The van der Waals surface area contributed by atoms with E-state index in [0.717, 1.165) is 31.1 Å². The lowest BCUT2D eigenvalue weighted by molar-refractivity contribution is -0.138. The van der Waals surface area contributed by atoms with Crippen LogP contribution in [0.2, 0.25) is 0 Å². The van der Waals surface area contributed by atoms with Gasteiger partial charge in [0.25, 0.3) is 0 Å². The molecule has 7 nitrogen and oxygen atoms in total. The van der Waals surface area contributed by atoms with Crippen LogP contribution >= 0.6 is 0 Å². The van der Waals surface area contributed by atoms with Crippen molar-refractivity contribution in [2.75, 3.05) is 65.4 Å². The highest BCUT2D eigenvalue weighted by Crippen LogP contribution is 2.23. The first-order chi connectivity index (χ1) is 12.5. The molecule has 1 atom stereocenters. The number of hydrogen-bond donors (Lipinski definition) is 0. The van der Waals surface area contributed by atoms with Gasteiger partial charge in [0.2, 0.25) is 11.8 Å². The SMILES string of the molecule is COc1cccc(N2CCN(C(=O)C[C@@H]3CN(C)CCN3C)CC2=O)c1. The maximum Gasteiger partial charge on any atom is 0.246 e. The molecule has 0 aliphatic carbocycles. The number of amides is 2. The molecular weight excluding hydrogens is 332 g/mol. The highest BCUT2D eigenvalue weighted by molar-refractivity contribution is 5.98. The van der Waals surface area contributed by atoms with E-state index in [9.17, 15) is 9.59 Å². The van der Waals surface area contributed by atoms with Crippen molar-refractivity contribution in [3.8, 4) is 5.75 Å². The van der Waals surface area contributed by atoms with Crippen LogP contribution in [0, 0.1) is 0 Å². The molecule has 0 aromatic heterocycles. The fraction of sp³-hybridized carbons (Fsp3) is 0.579. The number of benzene rings is 1. The predicted molar refractivity (Wildman–Crippen MR) is 100 cm³/mol. The van der Waals surface area contributed by atoms with Gasteiger partial charge >= 0.3 is 0 Å². The van der Waals surface area contributed by atoms with Crippen molar-refractivity contribution in [2.45, 2.75) is 12.5 Å². The van der Waals surface area contributed by atoms with Gasteiger partial charge in [0.15, 0.2) is 0 Å². The number of ether oxygens (including phenoxy) is 1. The Bertz CT molecular complexity index is 666. The van der Waals surface area contributed by atoms with Crippen molar-refractivity contribution >= 4 is 17.5 Å². The van der Waals surface area contributed by atoms with E-state index in [2.05, 4.69) is 23.9 Å². The van der Waals surface area contributed by atoms with Crippen LogP contribution in [0.15, 0.2) is 24.3 Å². The van der Waals surface area contributed by atoms with E-state index in [-0.39, 0.29) is 24.4 Å². The second-order valence-corrected chi connectivity index (χ2v) is 7.16. The Morgan fingerprint density at radius 3 is 2.73 bits per heavy atom. The first-order valence-electron chi connectivity index (χ1n) is 9.09. The zero-order valence-corrected chi connectivity index (χ0v) is 15.9. The van der Waals surface area contributed by atoms with Gasteiger partial charge in [-0.3, -0.25) is 9.59 Å². The Hall–Kier alpha value is -2.12. The third-order valence-corrected chi connectivity index (χ3v) is 5.33. The summed E-state index contributed by atoms with van der Waals surface area (Å²) in [5, 5.41) is 0. The van der Waals surface area contributed by atoms with E-state index in [4.69, 9.17) is 4.74 Å². The lowest BCUT2D eigenvalue weighted by Gasteiger charge is -2.39. The van der Waals surface area contributed by atoms with E-state index in [1.165, 1.54) is 0 Å². The second kappa shape index (κ2) is 8.05. The van der Waals surface area contributed by atoms with Crippen LogP contribution in [0.1, 0.15) is 6.42 Å². The van der Waals surface area contributed by atoms with E-state index in [1.807, 2.05) is 24.3 Å². The van der Waals surface area contributed by atoms with Crippen molar-refractivity contribution in [3.05, 3.63) is 24.3 Å². The average Bonchev–Trinajstić information content (AvgIpc) is 2.64. The molecule has 0 unspecified atom stereocenters. The smallest absolute Gasteiger partial charge is 0.246 e. The molecule has 2 aliphatic rings. The van der Waals surface area contributed by atoms with Crippen LogP contribution in [-0.2, 0) is 9.59 Å². The number of rotatable bonds is 4. The summed E-state index contributed by atoms with van der Waals surface area (Å²) < 4.78 is 5.23. The number of carbonyl (C=O) groups is 2. The quantitative estimate of drug-likeness (QED) is 0.783. The average molecular weight is 360 g/mol. The Labute approximate surface area is 155 Å². The normalized spacial score (nSPS) is 22.6. The van der Waals surface area contributed by atoms with Gasteiger partial charge in [-0.15, -0.1) is 0 Å². The van der Waals surface area contributed by atoms with Gasteiger partial charge in [-0.1, -0.05) is 6.07 Å². The molecule has 0 N–H and O–H groups in total. The molecule has 1 aromatic carbocycles. The molecular formula is C19H28N4O3. The van der Waals surface area contributed by atoms with Crippen molar-refractivity contribution in [1.29, 1.82) is 0 Å². The van der Waals surface area contributed by atoms with Crippen molar-refractivity contribution in [2.24, 2.45) is 0 Å². The predicted octanol–water partition coefficient (Wildman–Crippen LogP) is 0.506. The molecule has 1 aromatic rings. The number of likely N-dealkylation sites (N-methyl/N-ethyl adjacent to an activating group) is 2. The number of hydrogen-bond acceptors (Lipinski definition) is 5. The van der Waals surface area contributed by atoms with Crippen molar-refractivity contribution in [1.82, 2.24) is 14.7 Å². The monoisotopic (exact) mass is 360 g/mol. The van der Waals surface area contributed by atoms with Crippen LogP contribution in [0.4, 0.5) is 5.69 Å². The number of nitrogens with zero attached hydrogens (tertiary/aromatic N) is 4. The molecule has 0 radical (unpaired) electrons. The first-order valence-corrected chi connectivity index (χ1v) is 9.09. The minimum absolute atomic E-state index is 0.0491. The van der Waals surface area contributed by atoms with Crippen LogP contribution in [0.25, 0.3) is 0 Å². The molecule has 2 fully saturated rings. The molecule has 26 heavy (non-hydrogen) atoms. The summed E-state index contributed by atoms with van der Waals surface area (Å²) in [7, 11) is 5.76. The Morgan fingerprint density at radius 2 is 2.00 bits per heavy atom. The minimum Gasteiger partial charge on any atom is -0.497 e. The largest absolute Gasteiger partial charge is 0.497 e. The van der Waals surface area contributed by atoms with E-state index < -0.39 is 0 Å². The highest BCUT2D eigenvalue weighted by Gasteiger charge is 2.31. The van der Waals surface area contributed by atoms with E-state index in [1.54, 1.807) is 16.9 Å². The third kappa shape index (κ3) is 4.16. The number of methoxy groups -OCH3 is 1. The second-order valence-electron chi connectivity index (χ2n) is 7.16. The van der Waals surface area contributed by atoms with Crippen molar-refractivity contribution < 1.29 is 14.3 Å². The first kappa shape index (κ1) is 18.7. The molecule has 2 saturated heterocycles. The third-order valence-electron chi connectivity index (χ3n) is 5.33. The lowest BCUT2D eigenvalue weighted by atomic mass is 10.1. The Morgan fingerprint density at radius 1 is 1.19 bits per heavy atom. The Balaban J connectivity index is 1.59. The molecule has 0 bridgehead atoms. The number of anilines is 1. The van der Waals surface area contributed by atoms with Gasteiger partial charge in [-0.05, 0) is 26.2 Å². The summed E-state index contributed by atoms with van der Waals surface area (Å²) in [4.78, 5) is 33.2. The van der Waals surface area contributed by atoms with Gasteiger partial charge in [0, 0.05) is 56.9 Å². The van der Waals surface area contributed by atoms with Gasteiger partial charge in [0.1, 0.15) is 12.3 Å². The molecule has 2 amide bonds.